The number of esters is 1. The highest BCUT2D eigenvalue weighted by molar-refractivity contribution is 6.30. The lowest BCUT2D eigenvalue weighted by molar-refractivity contribution is 0.0316. The standard InChI is InChI=1S/C17H15ClO4/c1-10-4-3-5-14(15(10)19)17(21)22-11(2)16(20)12-6-8-13(18)9-7-12/h3-9,11,19H,1-2H3/t11-/m1/s1. The highest BCUT2D eigenvalue weighted by Crippen LogP contribution is 2.23. The Bertz CT molecular complexity index is 707. The van der Waals surface area contributed by atoms with E-state index in [0.717, 1.165) is 0 Å². The molecule has 4 nitrogen and oxygen atoms in total. The fourth-order valence-corrected chi connectivity index (χ4v) is 2.08. The number of rotatable bonds is 4. The molecule has 0 amide bonds. The molecule has 0 unspecified atom stereocenters. The van der Waals surface area contributed by atoms with Crippen molar-refractivity contribution in [1.82, 2.24) is 0 Å². The van der Waals surface area contributed by atoms with Gasteiger partial charge in [-0.15, -0.1) is 0 Å². The molecular formula is C17H15ClO4. The summed E-state index contributed by atoms with van der Waals surface area (Å²) in [5, 5.41) is 10.4. The van der Waals surface area contributed by atoms with Crippen LogP contribution in [0.1, 0.15) is 33.2 Å². The zero-order chi connectivity index (χ0) is 16.3. The lowest BCUT2D eigenvalue weighted by Crippen LogP contribution is -2.24. The summed E-state index contributed by atoms with van der Waals surface area (Å²) in [5.41, 5.74) is 1.00. The Hall–Kier alpha value is -2.33. The van der Waals surface area contributed by atoms with Crippen molar-refractivity contribution < 1.29 is 19.4 Å². The Morgan fingerprint density at radius 1 is 1.14 bits per heavy atom. The molecule has 0 heterocycles. The SMILES string of the molecule is Cc1cccc(C(=O)O[C@H](C)C(=O)c2ccc(Cl)cc2)c1O. The zero-order valence-electron chi connectivity index (χ0n) is 12.2. The van der Waals surface area contributed by atoms with Gasteiger partial charge in [-0.1, -0.05) is 23.7 Å². The number of ketones is 1. The quantitative estimate of drug-likeness (QED) is 0.688. The van der Waals surface area contributed by atoms with Crippen LogP contribution in [0.5, 0.6) is 5.75 Å². The minimum atomic E-state index is -0.964. The Balaban J connectivity index is 2.12. The number of aryl methyl sites for hydroxylation is 1. The Kier molecular flexibility index (Phi) is 4.83. The maximum absolute atomic E-state index is 12.2. The van der Waals surface area contributed by atoms with Crippen LogP contribution in [0, 0.1) is 6.92 Å². The molecule has 0 bridgehead atoms. The third-order valence-corrected chi connectivity index (χ3v) is 3.49. The number of hydrogen-bond donors (Lipinski definition) is 1. The third kappa shape index (κ3) is 3.46. The van der Waals surface area contributed by atoms with Crippen LogP contribution in [0.4, 0.5) is 0 Å². The van der Waals surface area contributed by atoms with Crippen molar-refractivity contribution in [3.8, 4) is 5.75 Å². The van der Waals surface area contributed by atoms with E-state index >= 15 is 0 Å². The first-order valence-corrected chi connectivity index (χ1v) is 7.07. The van der Waals surface area contributed by atoms with E-state index in [-0.39, 0.29) is 17.1 Å². The van der Waals surface area contributed by atoms with Crippen molar-refractivity contribution in [3.63, 3.8) is 0 Å². The van der Waals surface area contributed by atoms with Crippen molar-refractivity contribution in [2.75, 3.05) is 0 Å². The lowest BCUT2D eigenvalue weighted by Gasteiger charge is -2.13. The fourth-order valence-electron chi connectivity index (χ4n) is 1.95. The Morgan fingerprint density at radius 2 is 1.77 bits per heavy atom. The first kappa shape index (κ1) is 16.0. The van der Waals surface area contributed by atoms with Gasteiger partial charge in [0, 0.05) is 10.6 Å². The average molecular weight is 319 g/mol. The van der Waals surface area contributed by atoms with Crippen molar-refractivity contribution in [3.05, 3.63) is 64.2 Å². The summed E-state index contributed by atoms with van der Waals surface area (Å²) in [4.78, 5) is 24.3. The number of Topliss-reactive ketones (excluding diaryl/α,β-unsaturated/α-hetero) is 1. The number of carbonyl (C=O) groups is 2. The van der Waals surface area contributed by atoms with Crippen LogP contribution >= 0.6 is 11.6 Å². The van der Waals surface area contributed by atoms with Crippen LogP contribution in [0.2, 0.25) is 5.02 Å². The molecule has 0 saturated heterocycles. The van der Waals surface area contributed by atoms with Gasteiger partial charge in [0.15, 0.2) is 6.10 Å². The number of para-hydroxylation sites is 1. The molecule has 1 atom stereocenters. The van der Waals surface area contributed by atoms with Gasteiger partial charge >= 0.3 is 5.97 Å². The van der Waals surface area contributed by atoms with Gasteiger partial charge < -0.3 is 9.84 Å². The molecule has 0 saturated carbocycles. The number of aromatic hydroxyl groups is 1. The zero-order valence-corrected chi connectivity index (χ0v) is 12.9. The minimum Gasteiger partial charge on any atom is -0.507 e. The number of carbonyl (C=O) groups excluding carboxylic acids is 2. The van der Waals surface area contributed by atoms with Gasteiger partial charge in [-0.25, -0.2) is 4.79 Å². The molecule has 0 aliphatic rings. The maximum atomic E-state index is 12.2. The fraction of sp³-hybridized carbons (Fsp3) is 0.176. The van der Waals surface area contributed by atoms with E-state index in [1.165, 1.54) is 13.0 Å². The van der Waals surface area contributed by atoms with Crippen LogP contribution in [-0.2, 0) is 4.74 Å². The molecule has 0 aliphatic carbocycles. The number of ether oxygens (including phenoxy) is 1. The molecule has 22 heavy (non-hydrogen) atoms. The van der Waals surface area contributed by atoms with Gasteiger partial charge in [-0.3, -0.25) is 4.79 Å². The normalized spacial score (nSPS) is 11.8. The summed E-state index contributed by atoms with van der Waals surface area (Å²) in [6, 6.07) is 11.1. The largest absolute Gasteiger partial charge is 0.507 e. The van der Waals surface area contributed by atoms with E-state index in [1.54, 1.807) is 43.3 Å². The highest BCUT2D eigenvalue weighted by atomic mass is 35.5. The first-order chi connectivity index (χ1) is 10.4. The van der Waals surface area contributed by atoms with Crippen LogP contribution in [-0.4, -0.2) is 23.0 Å². The number of benzene rings is 2. The number of halogens is 1. The van der Waals surface area contributed by atoms with E-state index < -0.39 is 12.1 Å². The second kappa shape index (κ2) is 6.62. The highest BCUT2D eigenvalue weighted by Gasteiger charge is 2.22. The predicted molar refractivity (Wildman–Crippen MR) is 83.5 cm³/mol. The summed E-state index contributed by atoms with van der Waals surface area (Å²) in [6.45, 7) is 3.16. The van der Waals surface area contributed by atoms with Crippen LogP contribution in [0.3, 0.4) is 0 Å². The molecule has 0 aromatic heterocycles. The second-order valence-corrected chi connectivity index (χ2v) is 5.33. The monoisotopic (exact) mass is 318 g/mol. The Labute approximate surface area is 133 Å². The van der Waals surface area contributed by atoms with Gasteiger partial charge in [0.2, 0.25) is 5.78 Å². The lowest BCUT2D eigenvalue weighted by atomic mass is 10.1. The van der Waals surface area contributed by atoms with Gasteiger partial charge in [-0.05, 0) is 49.7 Å². The van der Waals surface area contributed by atoms with Crippen LogP contribution < -0.4 is 0 Å². The van der Waals surface area contributed by atoms with Crippen molar-refractivity contribution >= 4 is 23.4 Å². The minimum absolute atomic E-state index is 0.0377. The summed E-state index contributed by atoms with van der Waals surface area (Å²) in [6.07, 6.45) is -0.964. The van der Waals surface area contributed by atoms with Gasteiger partial charge in [0.1, 0.15) is 11.3 Å². The van der Waals surface area contributed by atoms with E-state index in [0.29, 0.717) is 16.1 Å². The summed E-state index contributed by atoms with van der Waals surface area (Å²) < 4.78 is 5.14. The smallest absolute Gasteiger partial charge is 0.342 e. The molecule has 2 aromatic carbocycles. The molecule has 114 valence electrons. The van der Waals surface area contributed by atoms with Gasteiger partial charge in [-0.2, -0.15) is 0 Å². The molecule has 0 aliphatic heterocycles. The number of hydrogen-bond acceptors (Lipinski definition) is 4. The average Bonchev–Trinajstić information content (AvgIpc) is 2.50. The summed E-state index contributed by atoms with van der Waals surface area (Å²) in [7, 11) is 0. The predicted octanol–water partition coefficient (Wildman–Crippen LogP) is 3.78. The van der Waals surface area contributed by atoms with E-state index in [9.17, 15) is 14.7 Å². The van der Waals surface area contributed by atoms with Gasteiger partial charge in [0.05, 0.1) is 0 Å². The number of phenols is 1. The van der Waals surface area contributed by atoms with Crippen molar-refractivity contribution in [2.24, 2.45) is 0 Å². The van der Waals surface area contributed by atoms with Crippen molar-refractivity contribution in [1.29, 1.82) is 0 Å². The Morgan fingerprint density at radius 3 is 2.41 bits per heavy atom. The van der Waals surface area contributed by atoms with Crippen LogP contribution in [0.25, 0.3) is 0 Å². The molecule has 2 rings (SSSR count). The second-order valence-electron chi connectivity index (χ2n) is 4.89. The maximum Gasteiger partial charge on any atom is 0.342 e. The van der Waals surface area contributed by atoms with Gasteiger partial charge in [0.25, 0.3) is 0 Å². The molecule has 2 aromatic rings. The van der Waals surface area contributed by atoms with E-state index in [2.05, 4.69) is 0 Å². The first-order valence-electron chi connectivity index (χ1n) is 6.69. The third-order valence-electron chi connectivity index (χ3n) is 3.24. The van der Waals surface area contributed by atoms with Crippen LogP contribution in [0.15, 0.2) is 42.5 Å². The molecule has 0 fully saturated rings. The summed E-state index contributed by atoms with van der Waals surface area (Å²) >= 11 is 5.77. The van der Waals surface area contributed by atoms with Crippen molar-refractivity contribution in [2.45, 2.75) is 20.0 Å². The molecule has 5 heteroatoms. The summed E-state index contributed by atoms with van der Waals surface area (Å²) in [5.74, 6) is -1.22. The molecule has 1 N–H and O–H groups in total. The topological polar surface area (TPSA) is 63.6 Å². The number of phenolic OH excluding ortho intramolecular Hbond substituents is 1. The van der Waals surface area contributed by atoms with E-state index in [4.69, 9.17) is 16.3 Å². The molecule has 0 spiro atoms. The molecule has 0 radical (unpaired) electrons. The van der Waals surface area contributed by atoms with E-state index in [1.807, 2.05) is 0 Å². The molecular weight excluding hydrogens is 304 g/mol.